The van der Waals surface area contributed by atoms with Crippen LogP contribution >= 0.6 is 0 Å². The lowest BCUT2D eigenvalue weighted by Gasteiger charge is -2.16. The van der Waals surface area contributed by atoms with Crippen LogP contribution in [0.5, 0.6) is 5.75 Å². The Bertz CT molecular complexity index is 377. The molecule has 0 fully saturated rings. The van der Waals surface area contributed by atoms with Crippen LogP contribution in [0.4, 0.5) is 0 Å². The van der Waals surface area contributed by atoms with Crippen molar-refractivity contribution in [3.63, 3.8) is 0 Å². The molecule has 0 aliphatic carbocycles. The molecular weight excluding hydrogens is 214 g/mol. The molecule has 1 rings (SSSR count). The molecule has 0 aliphatic heterocycles. The van der Waals surface area contributed by atoms with E-state index in [4.69, 9.17) is 10.6 Å². The molecule has 0 unspecified atom stereocenters. The van der Waals surface area contributed by atoms with Gasteiger partial charge in [0.25, 0.3) is 0 Å². The van der Waals surface area contributed by atoms with Crippen molar-refractivity contribution in [3.05, 3.63) is 28.3 Å². The molecule has 0 radical (unpaired) electrons. The summed E-state index contributed by atoms with van der Waals surface area (Å²) in [5.41, 5.74) is 7.81. The molecule has 4 N–H and O–H groups in total. The maximum atomic E-state index is 5.36. The van der Waals surface area contributed by atoms with Crippen LogP contribution in [0.15, 0.2) is 6.07 Å². The number of rotatable bonds is 6. The summed E-state index contributed by atoms with van der Waals surface area (Å²) in [6.07, 6.45) is 1.00. The Hall–Kier alpha value is -1.10. The molecule has 0 atom stereocenters. The fourth-order valence-electron chi connectivity index (χ4n) is 2.07. The SMILES string of the molecule is COc1cc(C)c(CCNCNN)c(C)c1C. The highest BCUT2D eigenvalue weighted by atomic mass is 16.5. The van der Waals surface area contributed by atoms with E-state index in [2.05, 4.69) is 37.6 Å². The molecule has 0 saturated heterocycles. The lowest BCUT2D eigenvalue weighted by Crippen LogP contribution is -2.34. The standard InChI is InChI=1S/C13H23N3O/c1-9-7-13(17-4)11(3)10(2)12(9)5-6-15-8-16-14/h7,15-16H,5-6,8,14H2,1-4H3. The molecule has 96 valence electrons. The zero-order valence-corrected chi connectivity index (χ0v) is 11.2. The van der Waals surface area contributed by atoms with Gasteiger partial charge in [-0.3, -0.25) is 5.84 Å². The summed E-state index contributed by atoms with van der Waals surface area (Å²) < 4.78 is 5.36. The third-order valence-corrected chi connectivity index (χ3v) is 3.21. The second kappa shape index (κ2) is 6.59. The van der Waals surface area contributed by atoms with Crippen molar-refractivity contribution in [2.45, 2.75) is 27.2 Å². The minimum atomic E-state index is 0.632. The van der Waals surface area contributed by atoms with Crippen LogP contribution in [-0.2, 0) is 6.42 Å². The zero-order chi connectivity index (χ0) is 12.8. The summed E-state index contributed by atoms with van der Waals surface area (Å²) in [4.78, 5) is 0. The monoisotopic (exact) mass is 237 g/mol. The van der Waals surface area contributed by atoms with Crippen molar-refractivity contribution in [2.24, 2.45) is 5.84 Å². The van der Waals surface area contributed by atoms with Gasteiger partial charge in [0.05, 0.1) is 13.8 Å². The van der Waals surface area contributed by atoms with Crippen LogP contribution in [0.25, 0.3) is 0 Å². The summed E-state index contributed by atoms with van der Waals surface area (Å²) in [5, 5.41) is 3.22. The van der Waals surface area contributed by atoms with E-state index in [-0.39, 0.29) is 0 Å². The first kappa shape index (κ1) is 14.0. The molecule has 0 aromatic heterocycles. The van der Waals surface area contributed by atoms with Gasteiger partial charge in [0.15, 0.2) is 0 Å². The third-order valence-electron chi connectivity index (χ3n) is 3.21. The molecule has 4 nitrogen and oxygen atoms in total. The Morgan fingerprint density at radius 1 is 1.24 bits per heavy atom. The highest BCUT2D eigenvalue weighted by Gasteiger charge is 2.09. The van der Waals surface area contributed by atoms with E-state index in [1.165, 1.54) is 22.3 Å². The fraction of sp³-hybridized carbons (Fsp3) is 0.538. The first-order valence-electron chi connectivity index (χ1n) is 5.89. The molecule has 0 aliphatic rings. The molecule has 0 spiro atoms. The van der Waals surface area contributed by atoms with Gasteiger partial charge in [0.1, 0.15) is 5.75 Å². The molecule has 0 amide bonds. The number of methoxy groups -OCH3 is 1. The van der Waals surface area contributed by atoms with E-state index >= 15 is 0 Å². The molecule has 1 aromatic rings. The van der Waals surface area contributed by atoms with Gasteiger partial charge in [0, 0.05) is 6.54 Å². The van der Waals surface area contributed by atoms with Crippen LogP contribution < -0.4 is 21.3 Å². The Balaban J connectivity index is 2.81. The predicted octanol–water partition coefficient (Wildman–Crippen LogP) is 1.17. The van der Waals surface area contributed by atoms with Gasteiger partial charge < -0.3 is 10.1 Å². The van der Waals surface area contributed by atoms with Crippen molar-refractivity contribution >= 4 is 0 Å². The van der Waals surface area contributed by atoms with E-state index in [1.54, 1.807) is 7.11 Å². The summed E-state index contributed by atoms with van der Waals surface area (Å²) in [6, 6.07) is 2.11. The molecule has 4 heteroatoms. The minimum Gasteiger partial charge on any atom is -0.496 e. The number of ether oxygens (including phenoxy) is 1. The lowest BCUT2D eigenvalue weighted by atomic mass is 9.95. The third kappa shape index (κ3) is 3.43. The molecular formula is C13H23N3O. The number of hydrogen-bond acceptors (Lipinski definition) is 4. The first-order chi connectivity index (χ1) is 8.11. The highest BCUT2D eigenvalue weighted by Crippen LogP contribution is 2.27. The van der Waals surface area contributed by atoms with Gasteiger partial charge in [0.2, 0.25) is 0 Å². The van der Waals surface area contributed by atoms with Crippen LogP contribution in [0, 0.1) is 20.8 Å². The molecule has 0 heterocycles. The highest BCUT2D eigenvalue weighted by molar-refractivity contribution is 5.48. The Labute approximate surface area is 104 Å². The first-order valence-corrected chi connectivity index (χ1v) is 5.89. The number of nitrogens with one attached hydrogen (secondary N) is 2. The average molecular weight is 237 g/mol. The zero-order valence-electron chi connectivity index (χ0n) is 11.2. The van der Waals surface area contributed by atoms with E-state index in [0.29, 0.717) is 6.67 Å². The quantitative estimate of drug-likeness (QED) is 0.301. The van der Waals surface area contributed by atoms with Gasteiger partial charge in [-0.2, -0.15) is 0 Å². The number of aryl methyl sites for hydroxylation is 1. The van der Waals surface area contributed by atoms with Crippen LogP contribution in [0.1, 0.15) is 22.3 Å². The minimum absolute atomic E-state index is 0.632. The van der Waals surface area contributed by atoms with Gasteiger partial charge in [-0.05, 0) is 55.5 Å². The van der Waals surface area contributed by atoms with Crippen molar-refractivity contribution in [2.75, 3.05) is 20.3 Å². The van der Waals surface area contributed by atoms with Gasteiger partial charge >= 0.3 is 0 Å². The maximum absolute atomic E-state index is 5.36. The van der Waals surface area contributed by atoms with Gasteiger partial charge in [-0.25, -0.2) is 5.43 Å². The lowest BCUT2D eigenvalue weighted by molar-refractivity contribution is 0.410. The van der Waals surface area contributed by atoms with Gasteiger partial charge in [-0.1, -0.05) is 0 Å². The summed E-state index contributed by atoms with van der Waals surface area (Å²) in [7, 11) is 1.72. The number of hydrazine groups is 1. The molecule has 17 heavy (non-hydrogen) atoms. The number of nitrogens with two attached hydrogens (primary N) is 1. The maximum Gasteiger partial charge on any atom is 0.122 e. The smallest absolute Gasteiger partial charge is 0.122 e. The second-order valence-corrected chi connectivity index (χ2v) is 4.26. The summed E-state index contributed by atoms with van der Waals surface area (Å²) >= 11 is 0. The Morgan fingerprint density at radius 3 is 2.53 bits per heavy atom. The topological polar surface area (TPSA) is 59.3 Å². The predicted molar refractivity (Wildman–Crippen MR) is 71.1 cm³/mol. The average Bonchev–Trinajstić information content (AvgIpc) is 2.32. The van der Waals surface area contributed by atoms with Crippen molar-refractivity contribution < 1.29 is 4.74 Å². The largest absolute Gasteiger partial charge is 0.496 e. The Morgan fingerprint density at radius 2 is 1.94 bits per heavy atom. The van der Waals surface area contributed by atoms with Crippen LogP contribution in [-0.4, -0.2) is 20.3 Å². The molecule has 0 saturated carbocycles. The van der Waals surface area contributed by atoms with Crippen molar-refractivity contribution in [1.29, 1.82) is 0 Å². The van der Waals surface area contributed by atoms with E-state index in [9.17, 15) is 0 Å². The van der Waals surface area contributed by atoms with Crippen LogP contribution in [0.3, 0.4) is 0 Å². The van der Waals surface area contributed by atoms with E-state index in [0.717, 1.165) is 18.7 Å². The van der Waals surface area contributed by atoms with Crippen molar-refractivity contribution in [3.8, 4) is 5.75 Å². The van der Waals surface area contributed by atoms with Crippen LogP contribution in [0.2, 0.25) is 0 Å². The summed E-state index contributed by atoms with van der Waals surface area (Å²) in [6.45, 7) is 7.93. The fourth-order valence-corrected chi connectivity index (χ4v) is 2.07. The Kier molecular flexibility index (Phi) is 5.41. The van der Waals surface area contributed by atoms with E-state index < -0.39 is 0 Å². The van der Waals surface area contributed by atoms with E-state index in [1.807, 2.05) is 0 Å². The normalized spacial score (nSPS) is 10.6. The second-order valence-electron chi connectivity index (χ2n) is 4.26. The van der Waals surface area contributed by atoms with Gasteiger partial charge in [-0.15, -0.1) is 0 Å². The number of hydrogen-bond donors (Lipinski definition) is 3. The molecule has 1 aromatic carbocycles. The summed E-state index contributed by atoms with van der Waals surface area (Å²) in [5.74, 6) is 6.17. The van der Waals surface area contributed by atoms with Crippen molar-refractivity contribution in [1.82, 2.24) is 10.7 Å². The molecule has 0 bridgehead atoms. The number of benzene rings is 1.